The second-order valence-corrected chi connectivity index (χ2v) is 5.67. The number of hydrogen-bond donors (Lipinski definition) is 0. The highest BCUT2D eigenvalue weighted by molar-refractivity contribution is 5.71. The third-order valence-corrected chi connectivity index (χ3v) is 3.78. The molecule has 0 aliphatic heterocycles. The SMILES string of the molecule is Fc1cc(F)c(-c2cc(C(F)(F)F)ccn2)cc1-c1cc(C(F)(F)F)ccn1. The molecule has 0 saturated carbocycles. The summed E-state index contributed by atoms with van der Waals surface area (Å²) in [4.78, 5) is 7.28. The average molecular weight is 404 g/mol. The van der Waals surface area contributed by atoms with Gasteiger partial charge in [-0.1, -0.05) is 0 Å². The molecule has 0 atom stereocenters. The molecule has 0 aliphatic rings. The first-order chi connectivity index (χ1) is 13.0. The Bertz CT molecular complexity index is 946. The van der Waals surface area contributed by atoms with Crippen LogP contribution in [0.25, 0.3) is 22.5 Å². The number of pyridine rings is 2. The van der Waals surface area contributed by atoms with Gasteiger partial charge in [-0.3, -0.25) is 9.97 Å². The van der Waals surface area contributed by atoms with Crippen molar-refractivity contribution in [2.75, 3.05) is 0 Å². The molecule has 3 rings (SSSR count). The summed E-state index contributed by atoms with van der Waals surface area (Å²) >= 11 is 0. The molecule has 28 heavy (non-hydrogen) atoms. The quantitative estimate of drug-likeness (QED) is 0.481. The summed E-state index contributed by atoms with van der Waals surface area (Å²) < 4.78 is 105. The molecule has 3 aromatic rings. The van der Waals surface area contributed by atoms with E-state index in [0.29, 0.717) is 30.3 Å². The highest BCUT2D eigenvalue weighted by atomic mass is 19.4. The first-order valence-corrected chi connectivity index (χ1v) is 7.53. The molecule has 0 fully saturated rings. The first-order valence-electron chi connectivity index (χ1n) is 7.53. The van der Waals surface area contributed by atoms with Crippen molar-refractivity contribution in [1.82, 2.24) is 9.97 Å². The van der Waals surface area contributed by atoms with E-state index in [1.165, 1.54) is 0 Å². The lowest BCUT2D eigenvalue weighted by Gasteiger charge is -2.12. The topological polar surface area (TPSA) is 25.8 Å². The van der Waals surface area contributed by atoms with Crippen molar-refractivity contribution in [3.05, 3.63) is 71.6 Å². The van der Waals surface area contributed by atoms with Crippen LogP contribution in [0.4, 0.5) is 35.1 Å². The van der Waals surface area contributed by atoms with Gasteiger partial charge in [0.05, 0.1) is 22.5 Å². The molecule has 0 amide bonds. The van der Waals surface area contributed by atoms with Gasteiger partial charge in [0.1, 0.15) is 11.6 Å². The van der Waals surface area contributed by atoms with Crippen molar-refractivity contribution in [3.8, 4) is 22.5 Å². The molecule has 0 N–H and O–H groups in total. The fourth-order valence-electron chi connectivity index (χ4n) is 2.45. The molecule has 0 unspecified atom stereocenters. The highest BCUT2D eigenvalue weighted by Gasteiger charge is 2.32. The van der Waals surface area contributed by atoms with Crippen LogP contribution in [0.5, 0.6) is 0 Å². The Morgan fingerprint density at radius 1 is 0.571 bits per heavy atom. The summed E-state index contributed by atoms with van der Waals surface area (Å²) in [6.45, 7) is 0. The van der Waals surface area contributed by atoms with E-state index in [2.05, 4.69) is 9.97 Å². The summed E-state index contributed by atoms with van der Waals surface area (Å²) in [7, 11) is 0. The Morgan fingerprint density at radius 2 is 0.964 bits per heavy atom. The van der Waals surface area contributed by atoms with Gasteiger partial charge in [-0.2, -0.15) is 26.3 Å². The van der Waals surface area contributed by atoms with Crippen LogP contribution in [0.3, 0.4) is 0 Å². The fraction of sp³-hybridized carbons (Fsp3) is 0.111. The third kappa shape index (κ3) is 3.95. The molecular formula is C18H8F8N2. The number of benzene rings is 1. The number of hydrogen-bond acceptors (Lipinski definition) is 2. The molecule has 2 aromatic heterocycles. The van der Waals surface area contributed by atoms with Gasteiger partial charge < -0.3 is 0 Å². The van der Waals surface area contributed by atoms with Crippen molar-refractivity contribution in [1.29, 1.82) is 0 Å². The van der Waals surface area contributed by atoms with E-state index in [1.54, 1.807) is 0 Å². The summed E-state index contributed by atoms with van der Waals surface area (Å²) in [5, 5.41) is 0. The van der Waals surface area contributed by atoms with Crippen LogP contribution in [0.2, 0.25) is 0 Å². The summed E-state index contributed by atoms with van der Waals surface area (Å²) in [6.07, 6.45) is -7.86. The predicted octanol–water partition coefficient (Wildman–Crippen LogP) is 6.13. The Labute approximate surface area is 152 Å². The van der Waals surface area contributed by atoms with Gasteiger partial charge in [-0.15, -0.1) is 0 Å². The van der Waals surface area contributed by atoms with E-state index in [0.717, 1.165) is 18.5 Å². The molecule has 1 aromatic carbocycles. The van der Waals surface area contributed by atoms with E-state index < -0.39 is 57.6 Å². The molecule has 146 valence electrons. The molecule has 0 radical (unpaired) electrons. The lowest BCUT2D eigenvalue weighted by molar-refractivity contribution is -0.138. The van der Waals surface area contributed by atoms with Crippen molar-refractivity contribution in [3.63, 3.8) is 0 Å². The first kappa shape index (κ1) is 19.7. The standard InChI is InChI=1S/C18H8F8N2/c19-13-8-14(20)12(16-6-10(2-4-28-16)18(24,25)26)7-11(13)15-5-9(1-3-27-15)17(21,22)23/h1-8H. The van der Waals surface area contributed by atoms with Gasteiger partial charge in [0.25, 0.3) is 0 Å². The third-order valence-electron chi connectivity index (χ3n) is 3.78. The minimum Gasteiger partial charge on any atom is -0.256 e. The van der Waals surface area contributed by atoms with Gasteiger partial charge in [0, 0.05) is 29.6 Å². The number of rotatable bonds is 2. The summed E-state index contributed by atoms with van der Waals surface area (Å²) in [6, 6.07) is 3.57. The van der Waals surface area contributed by atoms with E-state index in [4.69, 9.17) is 0 Å². The van der Waals surface area contributed by atoms with Crippen molar-refractivity contribution < 1.29 is 35.1 Å². The van der Waals surface area contributed by atoms with Crippen LogP contribution >= 0.6 is 0 Å². The molecule has 0 saturated heterocycles. The van der Waals surface area contributed by atoms with Gasteiger partial charge in [-0.05, 0) is 30.3 Å². The maximum Gasteiger partial charge on any atom is 0.416 e. The molecule has 0 bridgehead atoms. The van der Waals surface area contributed by atoms with E-state index >= 15 is 0 Å². The Morgan fingerprint density at radius 3 is 1.32 bits per heavy atom. The minimum atomic E-state index is -4.72. The normalized spacial score (nSPS) is 12.3. The van der Waals surface area contributed by atoms with Crippen LogP contribution in [0, 0.1) is 11.6 Å². The number of nitrogens with zero attached hydrogens (tertiary/aromatic N) is 2. The highest BCUT2D eigenvalue weighted by Crippen LogP contribution is 2.35. The van der Waals surface area contributed by atoms with Crippen molar-refractivity contribution >= 4 is 0 Å². The van der Waals surface area contributed by atoms with E-state index in [9.17, 15) is 35.1 Å². The molecule has 2 nitrogen and oxygen atoms in total. The zero-order valence-corrected chi connectivity index (χ0v) is 13.5. The van der Waals surface area contributed by atoms with Crippen LogP contribution in [-0.2, 0) is 12.4 Å². The van der Waals surface area contributed by atoms with Gasteiger partial charge in [-0.25, -0.2) is 8.78 Å². The van der Waals surface area contributed by atoms with Crippen LogP contribution in [0.1, 0.15) is 11.1 Å². The van der Waals surface area contributed by atoms with Crippen LogP contribution in [-0.4, -0.2) is 9.97 Å². The fourth-order valence-corrected chi connectivity index (χ4v) is 2.45. The predicted molar refractivity (Wildman–Crippen MR) is 82.8 cm³/mol. The average Bonchev–Trinajstić information content (AvgIpc) is 2.60. The van der Waals surface area contributed by atoms with Gasteiger partial charge >= 0.3 is 12.4 Å². The van der Waals surface area contributed by atoms with E-state index in [1.807, 2.05) is 0 Å². The number of aromatic nitrogens is 2. The Kier molecular flexibility index (Phi) is 4.82. The smallest absolute Gasteiger partial charge is 0.256 e. The zero-order valence-electron chi connectivity index (χ0n) is 13.5. The molecule has 10 heteroatoms. The maximum atomic E-state index is 14.2. The van der Waals surface area contributed by atoms with Crippen molar-refractivity contribution in [2.45, 2.75) is 12.4 Å². The number of alkyl halides is 6. The largest absolute Gasteiger partial charge is 0.416 e. The monoisotopic (exact) mass is 404 g/mol. The Hall–Kier alpha value is -3.04. The summed E-state index contributed by atoms with van der Waals surface area (Å²) in [5.74, 6) is -2.44. The molecular weight excluding hydrogens is 396 g/mol. The number of halogens is 8. The van der Waals surface area contributed by atoms with Gasteiger partial charge in [0.15, 0.2) is 0 Å². The van der Waals surface area contributed by atoms with Gasteiger partial charge in [0.2, 0.25) is 0 Å². The Balaban J connectivity index is 2.15. The van der Waals surface area contributed by atoms with Crippen LogP contribution in [0.15, 0.2) is 48.8 Å². The van der Waals surface area contributed by atoms with E-state index in [-0.39, 0.29) is 0 Å². The zero-order chi connectivity index (χ0) is 20.7. The van der Waals surface area contributed by atoms with Crippen molar-refractivity contribution in [2.24, 2.45) is 0 Å². The lowest BCUT2D eigenvalue weighted by Crippen LogP contribution is -2.06. The second kappa shape index (κ2) is 6.84. The summed E-state index contributed by atoms with van der Waals surface area (Å²) in [5.41, 5.74) is -4.16. The molecule has 0 spiro atoms. The molecule has 2 heterocycles. The maximum absolute atomic E-state index is 14.2. The van der Waals surface area contributed by atoms with Crippen LogP contribution < -0.4 is 0 Å². The second-order valence-electron chi connectivity index (χ2n) is 5.67. The lowest BCUT2D eigenvalue weighted by atomic mass is 10.0. The minimum absolute atomic E-state index is 0.356. The molecule has 0 aliphatic carbocycles.